The van der Waals surface area contributed by atoms with Crippen molar-refractivity contribution in [1.82, 2.24) is 5.32 Å². The molecule has 1 rings (SSSR count). The van der Waals surface area contributed by atoms with Crippen LogP contribution in [0.5, 0.6) is 0 Å². The SMILES string of the molecule is OC(F)C1CCNCC1. The molecule has 1 unspecified atom stereocenters. The number of alkyl halides is 1. The Bertz CT molecular complexity index is 81.1. The Morgan fingerprint density at radius 1 is 1.44 bits per heavy atom. The second kappa shape index (κ2) is 3.13. The van der Waals surface area contributed by atoms with Crippen LogP contribution in [0.4, 0.5) is 4.39 Å². The fourth-order valence-electron chi connectivity index (χ4n) is 1.12. The number of halogens is 1. The molecule has 0 aliphatic carbocycles. The first kappa shape index (κ1) is 6.96. The molecule has 0 aromatic heterocycles. The Hall–Kier alpha value is -0.150. The Morgan fingerprint density at radius 3 is 2.33 bits per heavy atom. The van der Waals surface area contributed by atoms with Gasteiger partial charge in [-0.15, -0.1) is 0 Å². The Morgan fingerprint density at radius 2 is 2.00 bits per heavy atom. The van der Waals surface area contributed by atoms with Gasteiger partial charge in [-0.1, -0.05) is 0 Å². The minimum Gasteiger partial charge on any atom is -0.364 e. The normalized spacial score (nSPS) is 26.0. The molecule has 1 heterocycles. The van der Waals surface area contributed by atoms with Gasteiger partial charge in [0.1, 0.15) is 0 Å². The lowest BCUT2D eigenvalue weighted by Crippen LogP contribution is -2.32. The highest BCUT2D eigenvalue weighted by molar-refractivity contribution is 4.69. The van der Waals surface area contributed by atoms with Gasteiger partial charge in [-0.3, -0.25) is 0 Å². The molecular weight excluding hydrogens is 121 g/mol. The lowest BCUT2D eigenvalue weighted by molar-refractivity contribution is -0.0220. The first-order chi connectivity index (χ1) is 4.30. The number of aliphatic hydroxyl groups is 1. The molecule has 1 saturated heterocycles. The molecule has 0 bridgehead atoms. The average Bonchev–Trinajstić information content (AvgIpc) is 1.90. The Labute approximate surface area is 54.1 Å². The first-order valence-corrected chi connectivity index (χ1v) is 3.33. The second-order valence-electron chi connectivity index (χ2n) is 2.46. The topological polar surface area (TPSA) is 32.3 Å². The number of rotatable bonds is 1. The van der Waals surface area contributed by atoms with Gasteiger partial charge in [-0.25, -0.2) is 4.39 Å². The molecule has 1 aliphatic rings. The van der Waals surface area contributed by atoms with Crippen LogP contribution in [-0.2, 0) is 0 Å². The Balaban J connectivity index is 2.23. The van der Waals surface area contributed by atoms with Crippen molar-refractivity contribution in [2.24, 2.45) is 5.92 Å². The fraction of sp³-hybridized carbons (Fsp3) is 1.00. The summed E-state index contributed by atoms with van der Waals surface area (Å²) in [6.07, 6.45) is -0.0814. The van der Waals surface area contributed by atoms with Crippen molar-refractivity contribution in [2.75, 3.05) is 13.1 Å². The fourth-order valence-corrected chi connectivity index (χ4v) is 1.12. The van der Waals surface area contributed by atoms with E-state index in [9.17, 15) is 4.39 Å². The van der Waals surface area contributed by atoms with E-state index in [1.54, 1.807) is 0 Å². The summed E-state index contributed by atoms with van der Waals surface area (Å²) in [5.74, 6) is -0.119. The predicted octanol–water partition coefficient (Wildman–Crippen LogP) is 0.274. The molecule has 2 nitrogen and oxygen atoms in total. The van der Waals surface area contributed by atoms with E-state index < -0.39 is 6.36 Å². The quantitative estimate of drug-likeness (QED) is 0.538. The van der Waals surface area contributed by atoms with Crippen LogP contribution in [-0.4, -0.2) is 24.6 Å². The number of nitrogens with one attached hydrogen (secondary N) is 1. The molecule has 0 aromatic rings. The third kappa shape index (κ3) is 1.91. The van der Waals surface area contributed by atoms with Crippen LogP contribution in [0.3, 0.4) is 0 Å². The first-order valence-electron chi connectivity index (χ1n) is 3.33. The van der Waals surface area contributed by atoms with E-state index in [1.807, 2.05) is 0 Å². The largest absolute Gasteiger partial charge is 0.364 e. The van der Waals surface area contributed by atoms with Crippen molar-refractivity contribution in [2.45, 2.75) is 19.2 Å². The minimum absolute atomic E-state index is 0.119. The summed E-state index contributed by atoms with van der Waals surface area (Å²) >= 11 is 0. The molecule has 3 heteroatoms. The van der Waals surface area contributed by atoms with Crippen LogP contribution in [0.1, 0.15) is 12.8 Å². The third-order valence-corrected chi connectivity index (χ3v) is 1.77. The van der Waals surface area contributed by atoms with E-state index in [4.69, 9.17) is 5.11 Å². The zero-order chi connectivity index (χ0) is 6.69. The van der Waals surface area contributed by atoms with Gasteiger partial charge in [-0.2, -0.15) is 0 Å². The number of piperidine rings is 1. The molecule has 0 radical (unpaired) electrons. The zero-order valence-electron chi connectivity index (χ0n) is 5.31. The third-order valence-electron chi connectivity index (χ3n) is 1.77. The monoisotopic (exact) mass is 133 g/mol. The van der Waals surface area contributed by atoms with Gasteiger partial charge in [0.2, 0.25) is 0 Å². The van der Waals surface area contributed by atoms with E-state index in [0.717, 1.165) is 25.9 Å². The predicted molar refractivity (Wildman–Crippen MR) is 32.7 cm³/mol. The smallest absolute Gasteiger partial charge is 0.199 e. The van der Waals surface area contributed by atoms with Gasteiger partial charge in [-0.05, 0) is 25.9 Å². The number of hydrogen-bond donors (Lipinski definition) is 2. The molecule has 0 aromatic carbocycles. The van der Waals surface area contributed by atoms with Crippen molar-refractivity contribution < 1.29 is 9.50 Å². The summed E-state index contributed by atoms with van der Waals surface area (Å²) in [6, 6.07) is 0. The highest BCUT2D eigenvalue weighted by atomic mass is 19.1. The van der Waals surface area contributed by atoms with Crippen LogP contribution in [0, 0.1) is 5.92 Å². The molecule has 1 fully saturated rings. The second-order valence-corrected chi connectivity index (χ2v) is 2.46. The van der Waals surface area contributed by atoms with E-state index in [-0.39, 0.29) is 5.92 Å². The van der Waals surface area contributed by atoms with Crippen LogP contribution in [0.2, 0.25) is 0 Å². The minimum atomic E-state index is -1.60. The summed E-state index contributed by atoms with van der Waals surface area (Å²) in [5.41, 5.74) is 0. The summed E-state index contributed by atoms with van der Waals surface area (Å²) in [6.45, 7) is 1.68. The number of aliphatic hydroxyl groups excluding tert-OH is 1. The van der Waals surface area contributed by atoms with Gasteiger partial charge in [0.15, 0.2) is 6.36 Å². The van der Waals surface area contributed by atoms with Crippen LogP contribution >= 0.6 is 0 Å². The molecule has 9 heavy (non-hydrogen) atoms. The Kier molecular flexibility index (Phi) is 2.42. The average molecular weight is 133 g/mol. The highest BCUT2D eigenvalue weighted by Crippen LogP contribution is 2.16. The van der Waals surface area contributed by atoms with Gasteiger partial charge in [0.05, 0.1) is 0 Å². The summed E-state index contributed by atoms with van der Waals surface area (Å²) < 4.78 is 12.1. The van der Waals surface area contributed by atoms with Crippen molar-refractivity contribution in [3.63, 3.8) is 0 Å². The molecule has 2 N–H and O–H groups in total. The highest BCUT2D eigenvalue weighted by Gasteiger charge is 2.19. The molecule has 0 saturated carbocycles. The zero-order valence-corrected chi connectivity index (χ0v) is 5.31. The van der Waals surface area contributed by atoms with Crippen molar-refractivity contribution >= 4 is 0 Å². The van der Waals surface area contributed by atoms with Crippen molar-refractivity contribution in [3.8, 4) is 0 Å². The lowest BCUT2D eigenvalue weighted by Gasteiger charge is -2.22. The maximum Gasteiger partial charge on any atom is 0.199 e. The maximum absolute atomic E-state index is 12.1. The summed E-state index contributed by atoms with van der Waals surface area (Å²) in [5, 5.41) is 11.6. The standard InChI is InChI=1S/C6H12FNO/c7-6(9)5-1-3-8-4-2-5/h5-6,8-9H,1-4H2. The van der Waals surface area contributed by atoms with Crippen LogP contribution in [0.25, 0.3) is 0 Å². The van der Waals surface area contributed by atoms with E-state index in [0.29, 0.717) is 0 Å². The summed E-state index contributed by atoms with van der Waals surface area (Å²) in [4.78, 5) is 0. The number of hydrogen-bond acceptors (Lipinski definition) is 2. The van der Waals surface area contributed by atoms with E-state index in [2.05, 4.69) is 5.32 Å². The van der Waals surface area contributed by atoms with Gasteiger partial charge < -0.3 is 10.4 Å². The molecule has 1 atom stereocenters. The molecule has 1 aliphatic heterocycles. The summed E-state index contributed by atoms with van der Waals surface area (Å²) in [7, 11) is 0. The molecular formula is C6H12FNO. The van der Waals surface area contributed by atoms with Crippen LogP contribution < -0.4 is 5.32 Å². The van der Waals surface area contributed by atoms with Gasteiger partial charge in [0, 0.05) is 5.92 Å². The van der Waals surface area contributed by atoms with Crippen molar-refractivity contribution in [3.05, 3.63) is 0 Å². The molecule has 54 valence electrons. The lowest BCUT2D eigenvalue weighted by atomic mass is 9.98. The maximum atomic E-state index is 12.1. The molecule has 0 amide bonds. The molecule has 0 spiro atoms. The van der Waals surface area contributed by atoms with Crippen molar-refractivity contribution in [1.29, 1.82) is 0 Å². The van der Waals surface area contributed by atoms with Crippen LogP contribution in [0.15, 0.2) is 0 Å². The van der Waals surface area contributed by atoms with Gasteiger partial charge >= 0.3 is 0 Å². The van der Waals surface area contributed by atoms with Gasteiger partial charge in [0.25, 0.3) is 0 Å². The van der Waals surface area contributed by atoms with E-state index in [1.165, 1.54) is 0 Å². The van der Waals surface area contributed by atoms with E-state index >= 15 is 0 Å².